The molecule has 1 fully saturated rings. The van der Waals surface area contributed by atoms with Gasteiger partial charge in [-0.25, -0.2) is 9.69 Å². The zero-order valence-corrected chi connectivity index (χ0v) is 16.3. The standard InChI is InChI=1S/C20H28N4O3/c1-20(2,3)27-19(26)24-17(14-15-8-5-4-6-9-15)12-11-16(18(24)25)10-7-13-22-23-21/h4-6,8-9,16-17H,7,10-14H2,1-3H3/t16-,17-/m0/s1. The molecule has 1 aliphatic rings. The number of rotatable bonds is 6. The SMILES string of the molecule is CC(C)(C)OC(=O)N1C(=O)[C@@H](CCCN=[N+]=[N-])CC[C@H]1Cc1ccccc1. The number of likely N-dealkylation sites (tertiary alicyclic amines) is 1. The van der Waals surface area contributed by atoms with Crippen molar-refractivity contribution in [1.82, 2.24) is 4.90 Å². The molecule has 0 spiro atoms. The molecule has 1 aromatic rings. The molecule has 27 heavy (non-hydrogen) atoms. The van der Waals surface area contributed by atoms with Crippen LogP contribution in [0.5, 0.6) is 0 Å². The molecule has 7 heteroatoms. The maximum atomic E-state index is 13.0. The van der Waals surface area contributed by atoms with Gasteiger partial charge in [0.1, 0.15) is 5.60 Å². The third-order valence-corrected chi connectivity index (χ3v) is 4.58. The lowest BCUT2D eigenvalue weighted by Crippen LogP contribution is -2.53. The number of nitrogens with zero attached hydrogens (tertiary/aromatic N) is 4. The Labute approximate surface area is 160 Å². The maximum absolute atomic E-state index is 13.0. The van der Waals surface area contributed by atoms with E-state index in [2.05, 4.69) is 10.0 Å². The van der Waals surface area contributed by atoms with Crippen molar-refractivity contribution in [3.05, 3.63) is 46.3 Å². The van der Waals surface area contributed by atoms with E-state index < -0.39 is 11.7 Å². The zero-order chi connectivity index (χ0) is 19.9. The molecular formula is C20H28N4O3. The first-order valence-electron chi connectivity index (χ1n) is 9.42. The van der Waals surface area contributed by atoms with Crippen LogP contribution in [0, 0.1) is 5.92 Å². The summed E-state index contributed by atoms with van der Waals surface area (Å²) in [7, 11) is 0. The minimum atomic E-state index is -0.664. The van der Waals surface area contributed by atoms with Gasteiger partial charge in [-0.15, -0.1) is 0 Å². The molecule has 1 heterocycles. The Bertz CT molecular complexity index is 693. The van der Waals surface area contributed by atoms with Gasteiger partial charge in [-0.3, -0.25) is 4.79 Å². The van der Waals surface area contributed by atoms with Crippen molar-refractivity contribution in [2.75, 3.05) is 6.54 Å². The monoisotopic (exact) mass is 372 g/mol. The highest BCUT2D eigenvalue weighted by Crippen LogP contribution is 2.30. The van der Waals surface area contributed by atoms with Crippen LogP contribution in [-0.4, -0.2) is 35.1 Å². The molecule has 2 atom stereocenters. The van der Waals surface area contributed by atoms with Gasteiger partial charge in [-0.1, -0.05) is 35.4 Å². The molecule has 7 nitrogen and oxygen atoms in total. The Morgan fingerprint density at radius 3 is 2.63 bits per heavy atom. The number of imide groups is 1. The molecule has 2 amide bonds. The van der Waals surface area contributed by atoms with Gasteiger partial charge >= 0.3 is 6.09 Å². The number of carbonyl (C=O) groups is 2. The summed E-state index contributed by atoms with van der Waals surface area (Å²) in [5, 5.41) is 3.52. The minimum absolute atomic E-state index is 0.183. The van der Waals surface area contributed by atoms with E-state index in [0.29, 0.717) is 25.8 Å². The number of ether oxygens (including phenoxy) is 1. The molecule has 0 radical (unpaired) electrons. The lowest BCUT2D eigenvalue weighted by atomic mass is 9.86. The normalized spacial score (nSPS) is 20.1. The van der Waals surface area contributed by atoms with Crippen molar-refractivity contribution < 1.29 is 14.3 Å². The first kappa shape index (κ1) is 20.8. The molecule has 146 valence electrons. The number of hydrogen-bond donors (Lipinski definition) is 0. The van der Waals surface area contributed by atoms with Gasteiger partial charge in [0.2, 0.25) is 5.91 Å². The molecular weight excluding hydrogens is 344 g/mol. The number of benzene rings is 1. The van der Waals surface area contributed by atoms with E-state index in [1.165, 1.54) is 4.90 Å². The summed E-state index contributed by atoms with van der Waals surface area (Å²) in [6, 6.07) is 9.66. The third-order valence-electron chi connectivity index (χ3n) is 4.58. The predicted octanol–water partition coefficient (Wildman–Crippen LogP) is 4.86. The maximum Gasteiger partial charge on any atom is 0.417 e. The van der Waals surface area contributed by atoms with E-state index in [1.54, 1.807) is 20.8 Å². The van der Waals surface area contributed by atoms with Crippen LogP contribution < -0.4 is 0 Å². The lowest BCUT2D eigenvalue weighted by Gasteiger charge is -2.38. The van der Waals surface area contributed by atoms with Crippen LogP contribution in [0.25, 0.3) is 10.4 Å². The second-order valence-corrected chi connectivity index (χ2v) is 7.90. The summed E-state index contributed by atoms with van der Waals surface area (Å²) in [6.07, 6.45) is 2.75. The van der Waals surface area contributed by atoms with E-state index in [0.717, 1.165) is 18.4 Å². The molecule has 1 saturated heterocycles. The summed E-state index contributed by atoms with van der Waals surface area (Å²) in [4.78, 5) is 29.9. The predicted molar refractivity (Wildman–Crippen MR) is 103 cm³/mol. The first-order valence-corrected chi connectivity index (χ1v) is 9.42. The molecule has 0 bridgehead atoms. The molecule has 0 unspecified atom stereocenters. The quantitative estimate of drug-likeness (QED) is 0.309. The highest BCUT2D eigenvalue weighted by atomic mass is 16.6. The van der Waals surface area contributed by atoms with Gasteiger partial charge in [0.05, 0.1) is 0 Å². The summed E-state index contributed by atoms with van der Waals surface area (Å²) < 4.78 is 5.51. The Morgan fingerprint density at radius 2 is 2.00 bits per heavy atom. The average Bonchev–Trinajstić information content (AvgIpc) is 2.59. The molecule has 1 aromatic carbocycles. The van der Waals surface area contributed by atoms with E-state index in [9.17, 15) is 9.59 Å². The summed E-state index contributed by atoms with van der Waals surface area (Å²) in [5.74, 6) is -0.421. The zero-order valence-electron chi connectivity index (χ0n) is 16.3. The van der Waals surface area contributed by atoms with Crippen molar-refractivity contribution in [3.63, 3.8) is 0 Å². The van der Waals surface area contributed by atoms with E-state index >= 15 is 0 Å². The molecule has 0 aromatic heterocycles. The van der Waals surface area contributed by atoms with Gasteiger partial charge in [0.15, 0.2) is 0 Å². The molecule has 2 rings (SSSR count). The van der Waals surface area contributed by atoms with Crippen LogP contribution >= 0.6 is 0 Å². The largest absolute Gasteiger partial charge is 0.443 e. The van der Waals surface area contributed by atoms with Crippen LogP contribution in [0.3, 0.4) is 0 Å². The fraction of sp³-hybridized carbons (Fsp3) is 0.600. The van der Waals surface area contributed by atoms with Crippen molar-refractivity contribution in [1.29, 1.82) is 0 Å². The van der Waals surface area contributed by atoms with E-state index in [-0.39, 0.29) is 17.9 Å². The summed E-state index contributed by atoms with van der Waals surface area (Å²) >= 11 is 0. The number of azide groups is 1. The van der Waals surface area contributed by atoms with Crippen LogP contribution in [0.2, 0.25) is 0 Å². The van der Waals surface area contributed by atoms with Gasteiger partial charge in [-0.05, 0) is 64.0 Å². The van der Waals surface area contributed by atoms with Crippen molar-refractivity contribution >= 4 is 12.0 Å². The topological polar surface area (TPSA) is 95.4 Å². The first-order chi connectivity index (χ1) is 12.8. The molecule has 0 N–H and O–H groups in total. The minimum Gasteiger partial charge on any atom is -0.443 e. The van der Waals surface area contributed by atoms with Gasteiger partial charge in [0, 0.05) is 23.4 Å². The lowest BCUT2D eigenvalue weighted by molar-refractivity contribution is -0.140. The van der Waals surface area contributed by atoms with Gasteiger partial charge in [-0.2, -0.15) is 0 Å². The summed E-state index contributed by atoms with van der Waals surface area (Å²) in [5.41, 5.74) is 8.80. The van der Waals surface area contributed by atoms with Crippen LogP contribution in [0.15, 0.2) is 35.4 Å². The molecule has 0 aliphatic carbocycles. The number of carbonyl (C=O) groups excluding carboxylic acids is 2. The van der Waals surface area contributed by atoms with E-state index in [4.69, 9.17) is 10.3 Å². The van der Waals surface area contributed by atoms with Gasteiger partial charge in [0.25, 0.3) is 0 Å². The smallest absolute Gasteiger partial charge is 0.417 e. The van der Waals surface area contributed by atoms with Gasteiger partial charge < -0.3 is 4.74 Å². The number of hydrogen-bond acceptors (Lipinski definition) is 4. The van der Waals surface area contributed by atoms with Crippen molar-refractivity contribution in [2.24, 2.45) is 11.0 Å². The Hall–Kier alpha value is -2.53. The van der Waals surface area contributed by atoms with E-state index in [1.807, 2.05) is 30.3 Å². The molecule has 1 aliphatic heterocycles. The Morgan fingerprint density at radius 1 is 1.30 bits per heavy atom. The Balaban J connectivity index is 2.14. The number of amides is 2. The third kappa shape index (κ3) is 6.29. The fourth-order valence-electron chi connectivity index (χ4n) is 3.37. The number of piperidine rings is 1. The van der Waals surface area contributed by atoms with Crippen LogP contribution in [-0.2, 0) is 16.0 Å². The fourth-order valence-corrected chi connectivity index (χ4v) is 3.37. The van der Waals surface area contributed by atoms with Crippen molar-refractivity contribution in [3.8, 4) is 0 Å². The average molecular weight is 372 g/mol. The van der Waals surface area contributed by atoms with Crippen LogP contribution in [0.4, 0.5) is 4.79 Å². The second-order valence-electron chi connectivity index (χ2n) is 7.90. The van der Waals surface area contributed by atoms with Crippen molar-refractivity contribution in [2.45, 2.75) is 64.5 Å². The van der Waals surface area contributed by atoms with Crippen LogP contribution in [0.1, 0.15) is 52.0 Å². The summed E-state index contributed by atoms with van der Waals surface area (Å²) in [6.45, 7) is 5.74. The highest BCUT2D eigenvalue weighted by Gasteiger charge is 2.40. The molecule has 0 saturated carbocycles. The Kier molecular flexibility index (Phi) is 7.25. The second kappa shape index (κ2) is 9.42. The highest BCUT2D eigenvalue weighted by molar-refractivity contribution is 5.94.